The molecule has 0 amide bonds. The van der Waals surface area contributed by atoms with E-state index < -0.39 is 23.8 Å². The molecule has 0 saturated carbocycles. The fourth-order valence-electron chi connectivity index (χ4n) is 2.52. The third-order valence-electron chi connectivity index (χ3n) is 3.76. The predicted molar refractivity (Wildman–Crippen MR) is 88.6 cm³/mol. The molecule has 0 bridgehead atoms. The average Bonchev–Trinajstić information content (AvgIpc) is 3.10. The number of carbonyl (C=O) groups excluding carboxylic acids is 3. The minimum absolute atomic E-state index is 0.229. The molecule has 1 N–H and O–H groups in total. The monoisotopic (exact) mass is 347 g/mol. The Morgan fingerprint density at radius 3 is 2.52 bits per heavy atom. The van der Waals surface area contributed by atoms with Crippen molar-refractivity contribution in [3.63, 3.8) is 0 Å². The number of nitrogens with zero attached hydrogens (tertiary/aromatic N) is 2. The summed E-state index contributed by atoms with van der Waals surface area (Å²) in [6.07, 6.45) is 1.85. The Balaban J connectivity index is 2.18. The summed E-state index contributed by atoms with van der Waals surface area (Å²) in [6, 6.07) is 0. The van der Waals surface area contributed by atoms with Gasteiger partial charge in [0, 0.05) is 18.9 Å². The molecule has 8 heteroatoms. The number of aryl methyl sites for hydroxylation is 2. The van der Waals surface area contributed by atoms with Crippen molar-refractivity contribution in [3.05, 3.63) is 40.5 Å². The van der Waals surface area contributed by atoms with Gasteiger partial charge >= 0.3 is 11.9 Å². The number of rotatable bonds is 6. The topological polar surface area (TPSA) is 103 Å². The zero-order valence-corrected chi connectivity index (χ0v) is 14.9. The SMILES string of the molecule is CCOC(=O)c1c(C)[nH]c(C(=O)C(C)OC(=O)c2cnn(C)c2)c1C. The first-order valence-electron chi connectivity index (χ1n) is 7.86. The molecular formula is C17H21N3O5. The van der Waals surface area contributed by atoms with E-state index in [4.69, 9.17) is 9.47 Å². The summed E-state index contributed by atoms with van der Waals surface area (Å²) in [6.45, 7) is 6.77. The predicted octanol–water partition coefficient (Wildman–Crippen LogP) is 1.97. The van der Waals surface area contributed by atoms with Crippen molar-refractivity contribution in [2.75, 3.05) is 6.61 Å². The van der Waals surface area contributed by atoms with E-state index in [1.165, 1.54) is 24.0 Å². The Kier molecular flexibility index (Phi) is 5.41. The van der Waals surface area contributed by atoms with E-state index in [9.17, 15) is 14.4 Å². The van der Waals surface area contributed by atoms with Crippen LogP contribution in [0.1, 0.15) is 56.3 Å². The summed E-state index contributed by atoms with van der Waals surface area (Å²) < 4.78 is 11.7. The largest absolute Gasteiger partial charge is 0.462 e. The first kappa shape index (κ1) is 18.4. The lowest BCUT2D eigenvalue weighted by molar-refractivity contribution is 0.0316. The lowest BCUT2D eigenvalue weighted by atomic mass is 10.1. The number of hydrogen-bond acceptors (Lipinski definition) is 6. The Labute approximate surface area is 145 Å². The average molecular weight is 347 g/mol. The minimum atomic E-state index is -1.01. The van der Waals surface area contributed by atoms with Crippen LogP contribution in [-0.2, 0) is 16.5 Å². The zero-order chi connectivity index (χ0) is 18.7. The Morgan fingerprint density at radius 1 is 1.28 bits per heavy atom. The van der Waals surface area contributed by atoms with E-state index in [1.807, 2.05) is 0 Å². The summed E-state index contributed by atoms with van der Waals surface area (Å²) in [5.41, 5.74) is 1.83. The van der Waals surface area contributed by atoms with Crippen LogP contribution in [0.15, 0.2) is 12.4 Å². The summed E-state index contributed by atoms with van der Waals surface area (Å²) in [5.74, 6) is -1.55. The van der Waals surface area contributed by atoms with Crippen LogP contribution >= 0.6 is 0 Å². The number of H-pyrrole nitrogens is 1. The van der Waals surface area contributed by atoms with Gasteiger partial charge in [-0.3, -0.25) is 9.48 Å². The molecule has 134 valence electrons. The maximum absolute atomic E-state index is 12.6. The molecule has 2 aromatic heterocycles. The number of aromatic nitrogens is 3. The van der Waals surface area contributed by atoms with Crippen LogP contribution in [0, 0.1) is 13.8 Å². The molecule has 0 saturated heterocycles. The highest BCUT2D eigenvalue weighted by atomic mass is 16.5. The van der Waals surface area contributed by atoms with E-state index in [0.29, 0.717) is 16.8 Å². The molecule has 0 aromatic carbocycles. The number of ether oxygens (including phenoxy) is 2. The quantitative estimate of drug-likeness (QED) is 0.633. The molecule has 25 heavy (non-hydrogen) atoms. The maximum Gasteiger partial charge on any atom is 0.342 e. The van der Waals surface area contributed by atoms with Gasteiger partial charge in [-0.15, -0.1) is 0 Å². The molecule has 1 unspecified atom stereocenters. The maximum atomic E-state index is 12.6. The normalized spacial score (nSPS) is 11.9. The number of carbonyl (C=O) groups is 3. The van der Waals surface area contributed by atoms with Gasteiger partial charge in [-0.25, -0.2) is 9.59 Å². The standard InChI is InChI=1S/C17H21N3O5/c1-6-24-17(23)13-9(2)14(19-10(13)3)15(21)11(4)25-16(22)12-7-18-20(5)8-12/h7-8,11,19H,6H2,1-5H3. The van der Waals surface area contributed by atoms with Crippen LogP contribution in [0.3, 0.4) is 0 Å². The number of aromatic amines is 1. The molecule has 0 aliphatic heterocycles. The van der Waals surface area contributed by atoms with E-state index in [-0.39, 0.29) is 17.9 Å². The fraction of sp³-hybridized carbons (Fsp3) is 0.412. The van der Waals surface area contributed by atoms with Gasteiger partial charge in [0.05, 0.1) is 29.6 Å². The number of Topliss-reactive ketones (excluding diaryl/α,β-unsaturated/α-hetero) is 1. The van der Waals surface area contributed by atoms with Gasteiger partial charge in [-0.05, 0) is 33.3 Å². The van der Waals surface area contributed by atoms with Crippen LogP contribution < -0.4 is 0 Å². The second kappa shape index (κ2) is 7.33. The van der Waals surface area contributed by atoms with Crippen molar-refractivity contribution in [3.8, 4) is 0 Å². The Morgan fingerprint density at radius 2 is 1.96 bits per heavy atom. The second-order valence-electron chi connectivity index (χ2n) is 5.66. The molecule has 2 rings (SSSR count). The third kappa shape index (κ3) is 3.78. The van der Waals surface area contributed by atoms with Crippen molar-refractivity contribution in [1.29, 1.82) is 0 Å². The number of esters is 2. The van der Waals surface area contributed by atoms with Gasteiger partial charge in [-0.1, -0.05) is 0 Å². The molecule has 1 atom stereocenters. The number of ketones is 1. The molecule has 0 aliphatic carbocycles. The van der Waals surface area contributed by atoms with Crippen molar-refractivity contribution >= 4 is 17.7 Å². The zero-order valence-electron chi connectivity index (χ0n) is 14.9. The van der Waals surface area contributed by atoms with E-state index in [1.54, 1.807) is 27.8 Å². The van der Waals surface area contributed by atoms with Crippen LogP contribution in [-0.4, -0.2) is 45.2 Å². The molecule has 2 aromatic rings. The Hall–Kier alpha value is -2.90. The molecular weight excluding hydrogens is 326 g/mol. The van der Waals surface area contributed by atoms with E-state index >= 15 is 0 Å². The van der Waals surface area contributed by atoms with Crippen LogP contribution in [0.4, 0.5) is 0 Å². The van der Waals surface area contributed by atoms with Crippen LogP contribution in [0.25, 0.3) is 0 Å². The van der Waals surface area contributed by atoms with Gasteiger partial charge in [0.15, 0.2) is 6.10 Å². The van der Waals surface area contributed by atoms with Gasteiger partial charge in [0.2, 0.25) is 5.78 Å². The van der Waals surface area contributed by atoms with Gasteiger partial charge in [-0.2, -0.15) is 5.10 Å². The first-order valence-corrected chi connectivity index (χ1v) is 7.86. The highest BCUT2D eigenvalue weighted by molar-refractivity contribution is 6.04. The lowest BCUT2D eigenvalue weighted by Crippen LogP contribution is -2.25. The van der Waals surface area contributed by atoms with Crippen LogP contribution in [0.5, 0.6) is 0 Å². The van der Waals surface area contributed by atoms with Gasteiger partial charge < -0.3 is 14.5 Å². The summed E-state index contributed by atoms with van der Waals surface area (Å²) in [7, 11) is 1.67. The fourth-order valence-corrected chi connectivity index (χ4v) is 2.52. The molecule has 0 spiro atoms. The summed E-state index contributed by atoms with van der Waals surface area (Å²) in [4.78, 5) is 39.5. The van der Waals surface area contributed by atoms with Crippen molar-refractivity contribution in [2.24, 2.45) is 7.05 Å². The van der Waals surface area contributed by atoms with Crippen molar-refractivity contribution in [1.82, 2.24) is 14.8 Å². The lowest BCUT2D eigenvalue weighted by Gasteiger charge is -2.11. The molecule has 8 nitrogen and oxygen atoms in total. The molecule has 0 aliphatic rings. The Bertz CT molecular complexity index is 818. The molecule has 2 heterocycles. The van der Waals surface area contributed by atoms with Gasteiger partial charge in [0.1, 0.15) is 0 Å². The number of nitrogens with one attached hydrogen (secondary N) is 1. The second-order valence-corrected chi connectivity index (χ2v) is 5.66. The van der Waals surface area contributed by atoms with Crippen LogP contribution in [0.2, 0.25) is 0 Å². The van der Waals surface area contributed by atoms with E-state index in [0.717, 1.165) is 0 Å². The van der Waals surface area contributed by atoms with Crippen molar-refractivity contribution < 1.29 is 23.9 Å². The highest BCUT2D eigenvalue weighted by Gasteiger charge is 2.28. The third-order valence-corrected chi connectivity index (χ3v) is 3.76. The molecule has 0 fully saturated rings. The van der Waals surface area contributed by atoms with E-state index in [2.05, 4.69) is 10.1 Å². The summed E-state index contributed by atoms with van der Waals surface area (Å²) >= 11 is 0. The smallest absolute Gasteiger partial charge is 0.342 e. The first-order chi connectivity index (χ1) is 11.8. The minimum Gasteiger partial charge on any atom is -0.462 e. The number of hydrogen-bond donors (Lipinski definition) is 1. The molecule has 0 radical (unpaired) electrons. The highest BCUT2D eigenvalue weighted by Crippen LogP contribution is 2.21. The van der Waals surface area contributed by atoms with Crippen molar-refractivity contribution in [2.45, 2.75) is 33.8 Å². The van der Waals surface area contributed by atoms with Gasteiger partial charge in [0.25, 0.3) is 0 Å². The summed E-state index contributed by atoms with van der Waals surface area (Å²) in [5, 5.41) is 3.89.